The maximum atomic E-state index is 9.01. The molecule has 88 valence electrons. The van der Waals surface area contributed by atoms with Crippen LogP contribution in [0.15, 0.2) is 6.07 Å². The maximum Gasteiger partial charge on any atom is 0.103 e. The lowest BCUT2D eigenvalue weighted by Gasteiger charge is -2.20. The maximum absolute atomic E-state index is 9.01. The lowest BCUT2D eigenvalue weighted by Crippen LogP contribution is -2.38. The van der Waals surface area contributed by atoms with Gasteiger partial charge in [0.25, 0.3) is 0 Å². The molecule has 0 radical (unpaired) electrons. The Bertz CT molecular complexity index is 388. The predicted octanol–water partition coefficient (Wildman–Crippen LogP) is 1.78. The molecule has 1 unspecified atom stereocenters. The van der Waals surface area contributed by atoms with E-state index in [1.54, 1.807) is 0 Å². The Kier molecular flexibility index (Phi) is 4.08. The number of nitrogens with zero attached hydrogens (tertiary/aromatic N) is 3. The summed E-state index contributed by atoms with van der Waals surface area (Å²) in [6.45, 7) is 6.85. The van der Waals surface area contributed by atoms with Crippen LogP contribution in [0, 0.1) is 25.2 Å². The van der Waals surface area contributed by atoms with Crippen LogP contribution in [0.5, 0.6) is 0 Å². The zero-order valence-electron chi connectivity index (χ0n) is 10.5. The number of nitrogens with one attached hydrogen (secondary N) is 1. The molecule has 0 aliphatic rings. The van der Waals surface area contributed by atoms with Gasteiger partial charge in [-0.2, -0.15) is 10.4 Å². The summed E-state index contributed by atoms with van der Waals surface area (Å²) < 4.78 is 2.00. The van der Waals surface area contributed by atoms with Gasteiger partial charge in [-0.05, 0) is 46.7 Å². The topological polar surface area (TPSA) is 53.6 Å². The standard InChI is InChI=1S/C12H20N4/c1-10-8-11(2)16(15-10)7-5-6-12(3,9-13)14-4/h8,14H,5-7H2,1-4H3. The second-order valence-corrected chi connectivity index (χ2v) is 4.45. The molecule has 16 heavy (non-hydrogen) atoms. The summed E-state index contributed by atoms with van der Waals surface area (Å²) in [6.07, 6.45) is 1.78. The highest BCUT2D eigenvalue weighted by Gasteiger charge is 2.20. The van der Waals surface area contributed by atoms with E-state index in [-0.39, 0.29) is 0 Å². The second kappa shape index (κ2) is 5.13. The van der Waals surface area contributed by atoms with Crippen molar-refractivity contribution in [3.05, 3.63) is 17.5 Å². The van der Waals surface area contributed by atoms with Gasteiger partial charge in [-0.1, -0.05) is 0 Å². The summed E-state index contributed by atoms with van der Waals surface area (Å²) in [5.74, 6) is 0. The molecule has 0 saturated heterocycles. The van der Waals surface area contributed by atoms with E-state index >= 15 is 0 Å². The molecule has 0 aromatic carbocycles. The van der Waals surface area contributed by atoms with Crippen molar-refractivity contribution in [1.82, 2.24) is 15.1 Å². The highest BCUT2D eigenvalue weighted by Crippen LogP contribution is 2.12. The quantitative estimate of drug-likeness (QED) is 0.823. The van der Waals surface area contributed by atoms with E-state index in [0.717, 1.165) is 25.1 Å². The van der Waals surface area contributed by atoms with E-state index < -0.39 is 5.54 Å². The van der Waals surface area contributed by atoms with Gasteiger partial charge in [-0.15, -0.1) is 0 Å². The molecule has 1 aromatic heterocycles. The van der Waals surface area contributed by atoms with Crippen molar-refractivity contribution in [3.63, 3.8) is 0 Å². The highest BCUT2D eigenvalue weighted by molar-refractivity contribution is 5.07. The first-order valence-corrected chi connectivity index (χ1v) is 5.62. The predicted molar refractivity (Wildman–Crippen MR) is 64.0 cm³/mol. The zero-order chi connectivity index (χ0) is 12.2. The summed E-state index contributed by atoms with van der Waals surface area (Å²) in [6, 6.07) is 4.36. The molecule has 0 bridgehead atoms. The lowest BCUT2D eigenvalue weighted by atomic mass is 9.98. The molecule has 0 aliphatic carbocycles. The van der Waals surface area contributed by atoms with Gasteiger partial charge < -0.3 is 5.32 Å². The SMILES string of the molecule is CNC(C)(C#N)CCCn1nc(C)cc1C. The van der Waals surface area contributed by atoms with Crippen molar-refractivity contribution in [2.24, 2.45) is 0 Å². The molecular formula is C12H20N4. The van der Waals surface area contributed by atoms with Gasteiger partial charge in [0.05, 0.1) is 11.8 Å². The third kappa shape index (κ3) is 3.07. The van der Waals surface area contributed by atoms with Crippen LogP contribution in [0.3, 0.4) is 0 Å². The van der Waals surface area contributed by atoms with Gasteiger partial charge in [0.2, 0.25) is 0 Å². The Morgan fingerprint density at radius 3 is 2.69 bits per heavy atom. The molecule has 0 aliphatic heterocycles. The monoisotopic (exact) mass is 220 g/mol. The van der Waals surface area contributed by atoms with E-state index in [9.17, 15) is 0 Å². The number of aryl methyl sites for hydroxylation is 3. The molecule has 4 nitrogen and oxygen atoms in total. The Labute approximate surface area is 97.3 Å². The van der Waals surface area contributed by atoms with E-state index in [1.165, 1.54) is 5.69 Å². The summed E-state index contributed by atoms with van der Waals surface area (Å²) in [5.41, 5.74) is 1.81. The summed E-state index contributed by atoms with van der Waals surface area (Å²) >= 11 is 0. The van der Waals surface area contributed by atoms with Crippen molar-refractivity contribution in [3.8, 4) is 6.07 Å². The molecule has 1 aromatic rings. The first-order valence-electron chi connectivity index (χ1n) is 5.62. The van der Waals surface area contributed by atoms with Crippen molar-refractivity contribution < 1.29 is 0 Å². The number of hydrogen-bond donors (Lipinski definition) is 1. The van der Waals surface area contributed by atoms with Crippen molar-refractivity contribution in [2.45, 2.75) is 45.7 Å². The molecule has 1 heterocycles. The van der Waals surface area contributed by atoms with Gasteiger partial charge >= 0.3 is 0 Å². The Morgan fingerprint density at radius 1 is 1.56 bits per heavy atom. The average Bonchev–Trinajstić information content (AvgIpc) is 2.57. The second-order valence-electron chi connectivity index (χ2n) is 4.45. The minimum absolute atomic E-state index is 0.421. The van der Waals surface area contributed by atoms with E-state index in [2.05, 4.69) is 29.5 Å². The van der Waals surface area contributed by atoms with Gasteiger partial charge in [0, 0.05) is 12.2 Å². The van der Waals surface area contributed by atoms with Crippen LogP contribution in [0.1, 0.15) is 31.2 Å². The van der Waals surface area contributed by atoms with Crippen LogP contribution in [0.2, 0.25) is 0 Å². The van der Waals surface area contributed by atoms with Crippen molar-refractivity contribution in [1.29, 1.82) is 5.26 Å². The molecule has 0 fully saturated rings. The average molecular weight is 220 g/mol. The van der Waals surface area contributed by atoms with Gasteiger partial charge in [0.15, 0.2) is 0 Å². The molecule has 1 N–H and O–H groups in total. The molecule has 4 heteroatoms. The van der Waals surface area contributed by atoms with Crippen LogP contribution in [-0.2, 0) is 6.54 Å². The number of hydrogen-bond acceptors (Lipinski definition) is 3. The van der Waals surface area contributed by atoms with Crippen LogP contribution >= 0.6 is 0 Å². The molecule has 0 amide bonds. The van der Waals surface area contributed by atoms with Gasteiger partial charge in [-0.3, -0.25) is 4.68 Å². The van der Waals surface area contributed by atoms with Crippen LogP contribution in [0.25, 0.3) is 0 Å². The first kappa shape index (κ1) is 12.7. The summed E-state index contributed by atoms with van der Waals surface area (Å²) in [4.78, 5) is 0. The summed E-state index contributed by atoms with van der Waals surface area (Å²) in [7, 11) is 1.83. The van der Waals surface area contributed by atoms with Crippen molar-refractivity contribution >= 4 is 0 Å². The van der Waals surface area contributed by atoms with E-state index in [4.69, 9.17) is 5.26 Å². The van der Waals surface area contributed by atoms with Gasteiger partial charge in [-0.25, -0.2) is 0 Å². The Hall–Kier alpha value is -1.34. The van der Waals surface area contributed by atoms with E-state index in [1.807, 2.05) is 25.6 Å². The largest absolute Gasteiger partial charge is 0.303 e. The minimum Gasteiger partial charge on any atom is -0.303 e. The first-order chi connectivity index (χ1) is 7.50. The molecule has 1 atom stereocenters. The van der Waals surface area contributed by atoms with Crippen LogP contribution in [-0.4, -0.2) is 22.4 Å². The molecule has 1 rings (SSSR count). The smallest absolute Gasteiger partial charge is 0.103 e. The fourth-order valence-electron chi connectivity index (χ4n) is 1.72. The normalized spacial score (nSPS) is 14.4. The Balaban J connectivity index is 2.48. The van der Waals surface area contributed by atoms with Gasteiger partial charge in [0.1, 0.15) is 5.54 Å². The van der Waals surface area contributed by atoms with E-state index in [0.29, 0.717) is 0 Å². The third-order valence-electron chi connectivity index (χ3n) is 2.95. The molecule has 0 spiro atoms. The highest BCUT2D eigenvalue weighted by atomic mass is 15.3. The number of rotatable bonds is 5. The number of nitriles is 1. The minimum atomic E-state index is -0.421. The third-order valence-corrected chi connectivity index (χ3v) is 2.95. The molecular weight excluding hydrogens is 200 g/mol. The van der Waals surface area contributed by atoms with Crippen LogP contribution in [0.4, 0.5) is 0 Å². The summed E-state index contributed by atoms with van der Waals surface area (Å²) in [5, 5.41) is 16.4. The fraction of sp³-hybridized carbons (Fsp3) is 0.667. The van der Waals surface area contributed by atoms with Crippen LogP contribution < -0.4 is 5.32 Å². The zero-order valence-corrected chi connectivity index (χ0v) is 10.5. The number of aromatic nitrogens is 2. The Morgan fingerprint density at radius 2 is 2.25 bits per heavy atom. The fourth-order valence-corrected chi connectivity index (χ4v) is 1.72. The lowest BCUT2D eigenvalue weighted by molar-refractivity contribution is 0.413. The molecule has 0 saturated carbocycles. The van der Waals surface area contributed by atoms with Crippen molar-refractivity contribution in [2.75, 3.05) is 7.05 Å².